The average molecular weight is 257 g/mol. The maximum Gasteiger partial charge on any atom is 0.248 e. The Morgan fingerprint density at radius 2 is 2.00 bits per heavy atom. The van der Waals surface area contributed by atoms with Gasteiger partial charge in [-0.05, 0) is 18.9 Å². The average Bonchev–Trinajstić information content (AvgIpc) is 2.39. The second-order valence-corrected chi connectivity index (χ2v) is 5.07. The van der Waals surface area contributed by atoms with Crippen LogP contribution in [0.1, 0.15) is 20.3 Å². The van der Waals surface area contributed by atoms with Crippen molar-refractivity contribution in [1.29, 1.82) is 0 Å². The number of hydrogen-bond donors (Lipinski definition) is 1. The lowest BCUT2D eigenvalue weighted by Gasteiger charge is -2.35. The maximum absolute atomic E-state index is 11.8. The van der Waals surface area contributed by atoms with Crippen LogP contribution in [0.3, 0.4) is 0 Å². The topological polar surface area (TPSA) is 58.8 Å². The van der Waals surface area contributed by atoms with E-state index in [4.69, 9.17) is 10.5 Å². The highest BCUT2D eigenvalue weighted by Gasteiger charge is 2.21. The van der Waals surface area contributed by atoms with Crippen molar-refractivity contribution < 1.29 is 9.53 Å². The minimum absolute atomic E-state index is 0.120. The van der Waals surface area contributed by atoms with Crippen molar-refractivity contribution in [1.82, 2.24) is 9.80 Å². The zero-order valence-corrected chi connectivity index (χ0v) is 11.7. The van der Waals surface area contributed by atoms with Crippen molar-refractivity contribution >= 4 is 5.91 Å². The third-order valence-electron chi connectivity index (χ3n) is 3.27. The van der Waals surface area contributed by atoms with E-state index in [0.29, 0.717) is 12.5 Å². The van der Waals surface area contributed by atoms with E-state index in [9.17, 15) is 4.79 Å². The van der Waals surface area contributed by atoms with Gasteiger partial charge in [0.2, 0.25) is 5.91 Å². The summed E-state index contributed by atoms with van der Waals surface area (Å²) in [4.78, 5) is 16.1. The molecule has 1 heterocycles. The Morgan fingerprint density at radius 3 is 2.56 bits per heavy atom. The molecule has 1 aliphatic rings. The highest BCUT2D eigenvalue weighted by Crippen LogP contribution is 2.05. The first kappa shape index (κ1) is 15.4. The van der Waals surface area contributed by atoms with E-state index in [2.05, 4.69) is 11.8 Å². The van der Waals surface area contributed by atoms with Crippen LogP contribution in [0.2, 0.25) is 0 Å². The van der Waals surface area contributed by atoms with E-state index in [1.54, 1.807) is 0 Å². The summed E-state index contributed by atoms with van der Waals surface area (Å²) in [5, 5.41) is 0. The Labute approximate surface area is 110 Å². The standard InChI is InChI=1S/C13H27N3O2/c1-3-8-18-11-13(17)16-6-4-15(5-7-16)10-12(2)9-14/h12H,3-11,14H2,1-2H3. The smallest absolute Gasteiger partial charge is 0.248 e. The van der Waals surface area contributed by atoms with Gasteiger partial charge in [0.1, 0.15) is 6.61 Å². The summed E-state index contributed by atoms with van der Waals surface area (Å²) in [7, 11) is 0. The van der Waals surface area contributed by atoms with Gasteiger partial charge in [-0.1, -0.05) is 13.8 Å². The van der Waals surface area contributed by atoms with Crippen LogP contribution < -0.4 is 5.73 Å². The van der Waals surface area contributed by atoms with Crippen molar-refractivity contribution in [2.24, 2.45) is 11.7 Å². The molecule has 0 aromatic rings. The third-order valence-corrected chi connectivity index (χ3v) is 3.27. The SMILES string of the molecule is CCCOCC(=O)N1CCN(CC(C)CN)CC1. The maximum atomic E-state index is 11.8. The highest BCUT2D eigenvalue weighted by molar-refractivity contribution is 5.77. The molecule has 1 unspecified atom stereocenters. The molecule has 0 bridgehead atoms. The summed E-state index contributed by atoms with van der Waals surface area (Å²) in [5.74, 6) is 0.648. The molecule has 1 rings (SSSR count). The number of nitrogens with two attached hydrogens (primary N) is 1. The van der Waals surface area contributed by atoms with E-state index in [0.717, 1.165) is 45.7 Å². The number of piperazine rings is 1. The van der Waals surface area contributed by atoms with Crippen LogP contribution in [0.25, 0.3) is 0 Å². The van der Waals surface area contributed by atoms with Gasteiger partial charge in [-0.15, -0.1) is 0 Å². The zero-order chi connectivity index (χ0) is 13.4. The molecule has 0 aromatic carbocycles. The molecule has 0 saturated carbocycles. The molecule has 18 heavy (non-hydrogen) atoms. The largest absolute Gasteiger partial charge is 0.372 e. The third kappa shape index (κ3) is 5.33. The fraction of sp³-hybridized carbons (Fsp3) is 0.923. The van der Waals surface area contributed by atoms with Crippen molar-refractivity contribution in [2.45, 2.75) is 20.3 Å². The van der Waals surface area contributed by atoms with Crippen LogP contribution in [-0.2, 0) is 9.53 Å². The predicted octanol–water partition coefficient (Wildman–Crippen LogP) is 0.152. The Balaban J connectivity index is 2.20. The number of carbonyl (C=O) groups excluding carboxylic acids is 1. The molecule has 1 fully saturated rings. The lowest BCUT2D eigenvalue weighted by molar-refractivity contribution is -0.137. The molecule has 5 nitrogen and oxygen atoms in total. The molecular weight excluding hydrogens is 230 g/mol. The fourth-order valence-electron chi connectivity index (χ4n) is 2.09. The van der Waals surface area contributed by atoms with Gasteiger partial charge in [-0.25, -0.2) is 0 Å². The number of nitrogens with zero attached hydrogens (tertiary/aromatic N) is 2. The normalized spacial score (nSPS) is 18.9. The first-order valence-corrected chi connectivity index (χ1v) is 6.95. The lowest BCUT2D eigenvalue weighted by atomic mass is 10.1. The molecule has 2 N–H and O–H groups in total. The van der Waals surface area contributed by atoms with E-state index < -0.39 is 0 Å². The van der Waals surface area contributed by atoms with E-state index in [-0.39, 0.29) is 12.5 Å². The molecule has 0 aromatic heterocycles. The number of ether oxygens (including phenoxy) is 1. The van der Waals surface area contributed by atoms with Gasteiger partial charge in [0.15, 0.2) is 0 Å². The molecule has 1 atom stereocenters. The molecule has 106 valence electrons. The lowest BCUT2D eigenvalue weighted by Crippen LogP contribution is -2.50. The molecule has 1 amide bonds. The highest BCUT2D eigenvalue weighted by atomic mass is 16.5. The van der Waals surface area contributed by atoms with Crippen LogP contribution >= 0.6 is 0 Å². The van der Waals surface area contributed by atoms with Crippen LogP contribution in [0.5, 0.6) is 0 Å². The van der Waals surface area contributed by atoms with Crippen LogP contribution in [0.4, 0.5) is 0 Å². The van der Waals surface area contributed by atoms with Gasteiger partial charge >= 0.3 is 0 Å². The second-order valence-electron chi connectivity index (χ2n) is 5.07. The summed E-state index contributed by atoms with van der Waals surface area (Å²) < 4.78 is 5.29. The summed E-state index contributed by atoms with van der Waals surface area (Å²) >= 11 is 0. The van der Waals surface area contributed by atoms with E-state index >= 15 is 0 Å². The number of rotatable bonds is 7. The molecule has 0 radical (unpaired) electrons. The minimum Gasteiger partial charge on any atom is -0.372 e. The Kier molecular flexibility index (Phi) is 7.23. The summed E-state index contributed by atoms with van der Waals surface area (Å²) in [5.41, 5.74) is 5.63. The Hall–Kier alpha value is -0.650. The second kappa shape index (κ2) is 8.45. The number of amides is 1. The zero-order valence-electron chi connectivity index (χ0n) is 11.7. The minimum atomic E-state index is 0.120. The van der Waals surface area contributed by atoms with Crippen LogP contribution in [0, 0.1) is 5.92 Å². The molecule has 0 spiro atoms. The van der Waals surface area contributed by atoms with Gasteiger partial charge in [0, 0.05) is 39.3 Å². The van der Waals surface area contributed by atoms with Crippen LogP contribution in [0.15, 0.2) is 0 Å². The van der Waals surface area contributed by atoms with E-state index in [1.807, 2.05) is 11.8 Å². The quantitative estimate of drug-likeness (QED) is 0.660. The van der Waals surface area contributed by atoms with Gasteiger partial charge in [0.25, 0.3) is 0 Å². The summed E-state index contributed by atoms with van der Waals surface area (Å²) in [6, 6.07) is 0. The molecular formula is C13H27N3O2. The first-order valence-electron chi connectivity index (χ1n) is 6.95. The fourth-order valence-corrected chi connectivity index (χ4v) is 2.09. The van der Waals surface area contributed by atoms with Gasteiger partial charge in [-0.2, -0.15) is 0 Å². The van der Waals surface area contributed by atoms with E-state index in [1.165, 1.54) is 0 Å². The molecule has 0 aliphatic carbocycles. The monoisotopic (exact) mass is 257 g/mol. The summed E-state index contributed by atoms with van der Waals surface area (Å²) in [6.45, 7) is 10.4. The van der Waals surface area contributed by atoms with Gasteiger partial charge in [0.05, 0.1) is 0 Å². The van der Waals surface area contributed by atoms with Crippen molar-refractivity contribution in [3.05, 3.63) is 0 Å². The molecule has 5 heteroatoms. The van der Waals surface area contributed by atoms with Crippen molar-refractivity contribution in [2.75, 3.05) is 52.5 Å². The Bertz CT molecular complexity index is 240. The van der Waals surface area contributed by atoms with Gasteiger partial charge < -0.3 is 15.4 Å². The van der Waals surface area contributed by atoms with Gasteiger partial charge in [-0.3, -0.25) is 9.69 Å². The van der Waals surface area contributed by atoms with Crippen LogP contribution in [-0.4, -0.2) is 68.2 Å². The van der Waals surface area contributed by atoms with Crippen molar-refractivity contribution in [3.63, 3.8) is 0 Å². The summed E-state index contributed by atoms with van der Waals surface area (Å²) in [6.07, 6.45) is 0.956. The number of carbonyl (C=O) groups is 1. The molecule has 1 aliphatic heterocycles. The number of hydrogen-bond acceptors (Lipinski definition) is 4. The van der Waals surface area contributed by atoms with Crippen molar-refractivity contribution in [3.8, 4) is 0 Å². The predicted molar refractivity (Wildman–Crippen MR) is 72.3 cm³/mol. The molecule has 1 saturated heterocycles. The first-order chi connectivity index (χ1) is 8.67. The Morgan fingerprint density at radius 1 is 1.33 bits per heavy atom.